The van der Waals surface area contributed by atoms with Crippen molar-refractivity contribution in [3.63, 3.8) is 0 Å². The molecule has 2 heterocycles. The summed E-state index contributed by atoms with van der Waals surface area (Å²) < 4.78 is 8.35. The number of piperidine rings is 1. The van der Waals surface area contributed by atoms with Gasteiger partial charge in [-0.25, -0.2) is 4.98 Å². The molecule has 0 saturated carbocycles. The van der Waals surface area contributed by atoms with Crippen LogP contribution in [-0.2, 0) is 24.4 Å². The molecule has 3 aromatic carbocycles. The molecule has 0 atom stereocenters. The minimum atomic E-state index is 0.296. The second-order valence-corrected chi connectivity index (χ2v) is 9.39. The summed E-state index contributed by atoms with van der Waals surface area (Å²) in [5.74, 6) is 2.63. The van der Waals surface area contributed by atoms with Crippen LogP contribution in [0.5, 0.6) is 5.75 Å². The minimum absolute atomic E-state index is 0.296. The maximum Gasteiger partial charge on any atom is 0.222 e. The van der Waals surface area contributed by atoms with Crippen molar-refractivity contribution in [3.8, 4) is 5.75 Å². The van der Waals surface area contributed by atoms with Crippen molar-refractivity contribution in [2.75, 3.05) is 13.1 Å². The Balaban J connectivity index is 1.17. The van der Waals surface area contributed by atoms with E-state index in [1.54, 1.807) is 0 Å². The van der Waals surface area contributed by atoms with Gasteiger partial charge in [-0.15, -0.1) is 0 Å². The highest BCUT2D eigenvalue weighted by Crippen LogP contribution is 2.25. The molecule has 1 amide bonds. The minimum Gasteiger partial charge on any atom is -0.486 e. The predicted molar refractivity (Wildman–Crippen MR) is 139 cm³/mol. The highest BCUT2D eigenvalue weighted by atomic mass is 16.5. The molecule has 0 unspecified atom stereocenters. The van der Waals surface area contributed by atoms with Crippen LogP contribution in [0.15, 0.2) is 84.9 Å². The Morgan fingerprint density at radius 2 is 1.57 bits per heavy atom. The first-order valence-electron chi connectivity index (χ1n) is 12.7. The molecule has 5 heteroatoms. The van der Waals surface area contributed by atoms with Crippen LogP contribution in [0.1, 0.15) is 37.1 Å². The number of carbonyl (C=O) groups excluding carboxylic acids is 1. The van der Waals surface area contributed by atoms with Crippen LogP contribution >= 0.6 is 0 Å². The van der Waals surface area contributed by atoms with E-state index >= 15 is 0 Å². The summed E-state index contributed by atoms with van der Waals surface area (Å²) in [5, 5.41) is 0. The monoisotopic (exact) mass is 467 g/mol. The summed E-state index contributed by atoms with van der Waals surface area (Å²) >= 11 is 0. The number of aromatic nitrogens is 2. The smallest absolute Gasteiger partial charge is 0.222 e. The maximum atomic E-state index is 12.8. The Bertz CT molecular complexity index is 1230. The summed E-state index contributed by atoms with van der Waals surface area (Å²) in [5.41, 5.74) is 3.46. The van der Waals surface area contributed by atoms with Gasteiger partial charge >= 0.3 is 0 Å². The fraction of sp³-hybridized carbons (Fsp3) is 0.333. The van der Waals surface area contributed by atoms with E-state index in [1.807, 2.05) is 42.5 Å². The van der Waals surface area contributed by atoms with Crippen LogP contribution in [-0.4, -0.2) is 33.4 Å². The molecule has 180 valence electrons. The third-order valence-corrected chi connectivity index (χ3v) is 6.95. The van der Waals surface area contributed by atoms with Crippen LogP contribution in [0.25, 0.3) is 11.0 Å². The third kappa shape index (κ3) is 5.91. The average molecular weight is 468 g/mol. The van der Waals surface area contributed by atoms with Crippen molar-refractivity contribution < 1.29 is 9.53 Å². The van der Waals surface area contributed by atoms with E-state index in [1.165, 1.54) is 5.56 Å². The molecule has 0 aliphatic carbocycles. The number of para-hydroxylation sites is 3. The van der Waals surface area contributed by atoms with Crippen molar-refractivity contribution in [1.29, 1.82) is 0 Å². The number of rotatable bonds is 9. The Morgan fingerprint density at radius 1 is 0.886 bits per heavy atom. The van der Waals surface area contributed by atoms with Gasteiger partial charge in [0.2, 0.25) is 5.91 Å². The molecule has 1 saturated heterocycles. The zero-order valence-corrected chi connectivity index (χ0v) is 20.2. The van der Waals surface area contributed by atoms with E-state index in [2.05, 4.69) is 51.9 Å². The topological polar surface area (TPSA) is 47.4 Å². The Kier molecular flexibility index (Phi) is 7.42. The Morgan fingerprint density at radius 3 is 2.34 bits per heavy atom. The lowest BCUT2D eigenvalue weighted by Crippen LogP contribution is -2.39. The number of hydrogen-bond acceptors (Lipinski definition) is 3. The Labute approximate surface area is 207 Å². The average Bonchev–Trinajstić information content (AvgIpc) is 3.26. The first-order chi connectivity index (χ1) is 17.3. The van der Waals surface area contributed by atoms with E-state index in [4.69, 9.17) is 9.72 Å². The number of aryl methyl sites for hydroxylation is 1. The zero-order chi connectivity index (χ0) is 23.9. The second kappa shape index (κ2) is 11.2. The number of carbonyl (C=O) groups is 1. The lowest BCUT2D eigenvalue weighted by Gasteiger charge is -2.32. The molecule has 35 heavy (non-hydrogen) atoms. The molecule has 0 bridgehead atoms. The quantitative estimate of drug-likeness (QED) is 0.309. The van der Waals surface area contributed by atoms with Gasteiger partial charge < -0.3 is 14.2 Å². The van der Waals surface area contributed by atoms with E-state index in [0.29, 0.717) is 24.9 Å². The van der Waals surface area contributed by atoms with Gasteiger partial charge in [-0.3, -0.25) is 4.79 Å². The summed E-state index contributed by atoms with van der Waals surface area (Å²) in [6.45, 7) is 3.04. The summed E-state index contributed by atoms with van der Waals surface area (Å²) in [7, 11) is 0. The molecule has 1 aliphatic heterocycles. The lowest BCUT2D eigenvalue weighted by molar-refractivity contribution is -0.132. The van der Waals surface area contributed by atoms with Gasteiger partial charge in [-0.05, 0) is 61.4 Å². The molecule has 1 aliphatic rings. The van der Waals surface area contributed by atoms with E-state index in [-0.39, 0.29) is 0 Å². The van der Waals surface area contributed by atoms with Crippen molar-refractivity contribution in [2.24, 2.45) is 5.92 Å². The maximum absolute atomic E-state index is 12.8. The molecule has 5 nitrogen and oxygen atoms in total. The van der Waals surface area contributed by atoms with Crippen LogP contribution in [0, 0.1) is 5.92 Å². The van der Waals surface area contributed by atoms with Crippen LogP contribution in [0.4, 0.5) is 0 Å². The van der Waals surface area contributed by atoms with Crippen molar-refractivity contribution in [2.45, 2.75) is 45.3 Å². The standard InChI is InChI=1S/C30H33N3O2/c34-30(17-9-12-24-10-3-1-4-11-24)32-20-18-25(19-21-32)22-33-28-16-8-7-15-27(28)31-29(33)23-35-26-13-5-2-6-14-26/h1-8,10-11,13-16,25H,9,12,17-23H2. The van der Waals surface area contributed by atoms with Gasteiger partial charge in [0, 0.05) is 26.1 Å². The molecule has 0 spiro atoms. The van der Waals surface area contributed by atoms with Gasteiger partial charge in [0.05, 0.1) is 11.0 Å². The number of nitrogens with zero attached hydrogens (tertiary/aromatic N) is 3. The molecule has 0 radical (unpaired) electrons. The summed E-state index contributed by atoms with van der Waals surface area (Å²) in [4.78, 5) is 19.7. The zero-order valence-electron chi connectivity index (χ0n) is 20.2. The van der Waals surface area contributed by atoms with Gasteiger partial charge in [-0.2, -0.15) is 0 Å². The highest BCUT2D eigenvalue weighted by Gasteiger charge is 2.24. The number of imidazole rings is 1. The normalized spacial score (nSPS) is 14.3. The number of benzene rings is 3. The fourth-order valence-corrected chi connectivity index (χ4v) is 4.97. The molecule has 5 rings (SSSR count). The van der Waals surface area contributed by atoms with Crippen molar-refractivity contribution in [1.82, 2.24) is 14.5 Å². The number of hydrogen-bond donors (Lipinski definition) is 0. The van der Waals surface area contributed by atoms with Crippen molar-refractivity contribution in [3.05, 3.63) is 96.3 Å². The van der Waals surface area contributed by atoms with Gasteiger partial charge in [0.15, 0.2) is 0 Å². The predicted octanol–water partition coefficient (Wildman–Crippen LogP) is 5.88. The van der Waals surface area contributed by atoms with Gasteiger partial charge in [-0.1, -0.05) is 60.7 Å². The summed E-state index contributed by atoms with van der Waals surface area (Å²) in [6, 6.07) is 28.6. The third-order valence-electron chi connectivity index (χ3n) is 6.95. The van der Waals surface area contributed by atoms with Crippen LogP contribution in [0.2, 0.25) is 0 Å². The van der Waals surface area contributed by atoms with Crippen LogP contribution < -0.4 is 4.74 Å². The van der Waals surface area contributed by atoms with Gasteiger partial charge in [0.25, 0.3) is 0 Å². The molecular formula is C30H33N3O2. The van der Waals surface area contributed by atoms with Crippen LogP contribution in [0.3, 0.4) is 0 Å². The van der Waals surface area contributed by atoms with Crippen molar-refractivity contribution >= 4 is 16.9 Å². The molecule has 1 aromatic heterocycles. The fourth-order valence-electron chi connectivity index (χ4n) is 4.97. The highest BCUT2D eigenvalue weighted by molar-refractivity contribution is 5.76. The second-order valence-electron chi connectivity index (χ2n) is 9.39. The molecule has 1 fully saturated rings. The SMILES string of the molecule is O=C(CCCc1ccccc1)N1CCC(Cn2c(COc3ccccc3)nc3ccccc32)CC1. The Hall–Kier alpha value is -3.60. The first kappa shape index (κ1) is 23.2. The molecular weight excluding hydrogens is 434 g/mol. The number of fused-ring (bicyclic) bond motifs is 1. The number of amides is 1. The van der Waals surface area contributed by atoms with E-state index in [0.717, 1.165) is 67.9 Å². The lowest BCUT2D eigenvalue weighted by atomic mass is 9.96. The molecule has 0 N–H and O–H groups in total. The van der Waals surface area contributed by atoms with Gasteiger partial charge in [0.1, 0.15) is 18.2 Å². The number of likely N-dealkylation sites (tertiary alicyclic amines) is 1. The molecule has 4 aromatic rings. The largest absolute Gasteiger partial charge is 0.486 e. The summed E-state index contributed by atoms with van der Waals surface area (Å²) in [6.07, 6.45) is 4.55. The first-order valence-corrected chi connectivity index (χ1v) is 12.7. The van der Waals surface area contributed by atoms with E-state index < -0.39 is 0 Å². The van der Waals surface area contributed by atoms with E-state index in [9.17, 15) is 4.79 Å². The number of ether oxygens (including phenoxy) is 1.